The first kappa shape index (κ1) is 65.3. The van der Waals surface area contributed by atoms with Crippen LogP contribution in [0.25, 0.3) is 0 Å². The summed E-state index contributed by atoms with van der Waals surface area (Å²) in [5, 5.41) is 76.1. The van der Waals surface area contributed by atoms with Crippen molar-refractivity contribution in [3.8, 4) is 0 Å². The van der Waals surface area contributed by atoms with Crippen LogP contribution in [0.5, 0.6) is 0 Å². The lowest BCUT2D eigenvalue weighted by molar-refractivity contribution is -0.303. The molecule has 9 atom stereocenters. The third-order valence-electron chi connectivity index (χ3n) is 13.9. The molecule has 0 aromatic rings. The van der Waals surface area contributed by atoms with E-state index in [1.165, 1.54) is 167 Å². The zero-order valence-corrected chi connectivity index (χ0v) is 44.3. The Balaban J connectivity index is 2.34. The Hall–Kier alpha value is -1.67. The number of ether oxygens (including phenoxy) is 2. The number of carbonyl (C=O) groups is 1. The van der Waals surface area contributed by atoms with Crippen LogP contribution in [0, 0.1) is 0 Å². The molecule has 1 saturated heterocycles. The summed E-state index contributed by atoms with van der Waals surface area (Å²) in [5.74, 6) is -0.709. The number of aliphatic hydroxyl groups is 7. The maximum absolute atomic E-state index is 13.2. The van der Waals surface area contributed by atoms with Gasteiger partial charge in [-0.15, -0.1) is 0 Å². The van der Waals surface area contributed by atoms with Crippen molar-refractivity contribution in [1.82, 2.24) is 5.32 Å². The fourth-order valence-corrected chi connectivity index (χ4v) is 9.18. The summed E-state index contributed by atoms with van der Waals surface area (Å²) in [4.78, 5) is 13.2. The molecule has 9 unspecified atom stereocenters. The first-order valence-electron chi connectivity index (χ1n) is 28.9. The first-order chi connectivity index (χ1) is 33.7. The normalized spacial score (nSPS) is 20.6. The highest BCUT2D eigenvalue weighted by Crippen LogP contribution is 2.23. The van der Waals surface area contributed by atoms with Gasteiger partial charge in [-0.1, -0.05) is 224 Å². The molecule has 0 saturated carbocycles. The maximum atomic E-state index is 13.2. The van der Waals surface area contributed by atoms with Gasteiger partial charge >= 0.3 is 0 Å². The van der Waals surface area contributed by atoms with E-state index >= 15 is 0 Å². The van der Waals surface area contributed by atoms with Crippen LogP contribution < -0.4 is 5.32 Å². The summed E-state index contributed by atoms with van der Waals surface area (Å²) in [6.45, 7) is 3.46. The Kier molecular flexibility index (Phi) is 44.8. The number of allylic oxidation sites excluding steroid dienone is 6. The van der Waals surface area contributed by atoms with Crippen molar-refractivity contribution in [2.24, 2.45) is 0 Å². The van der Waals surface area contributed by atoms with Crippen molar-refractivity contribution < 1.29 is 50.0 Å². The van der Waals surface area contributed by atoms with Gasteiger partial charge in [-0.3, -0.25) is 4.79 Å². The Morgan fingerprint density at radius 1 is 0.507 bits per heavy atom. The fourth-order valence-electron chi connectivity index (χ4n) is 9.18. The summed E-state index contributed by atoms with van der Waals surface area (Å²) in [7, 11) is 0. The zero-order chi connectivity index (χ0) is 50.4. The molecule has 8 N–H and O–H groups in total. The van der Waals surface area contributed by atoms with Crippen LogP contribution in [0.1, 0.15) is 258 Å². The number of amides is 1. The number of carbonyl (C=O) groups excluding carboxylic acids is 1. The van der Waals surface area contributed by atoms with Gasteiger partial charge in [0.05, 0.1) is 25.4 Å². The lowest BCUT2D eigenvalue weighted by atomic mass is 9.98. The Morgan fingerprint density at radius 3 is 1.33 bits per heavy atom. The van der Waals surface area contributed by atoms with E-state index in [4.69, 9.17) is 9.47 Å². The number of nitrogens with one attached hydrogen (secondary N) is 1. The van der Waals surface area contributed by atoms with E-state index in [-0.39, 0.29) is 12.8 Å². The molecule has 1 amide bonds. The Bertz CT molecular complexity index is 1210. The minimum absolute atomic E-state index is 0.247. The number of rotatable bonds is 49. The zero-order valence-electron chi connectivity index (χ0n) is 44.3. The van der Waals surface area contributed by atoms with E-state index in [2.05, 4.69) is 55.6 Å². The quantitative estimate of drug-likeness (QED) is 0.0215. The highest BCUT2D eigenvalue weighted by Gasteiger charge is 2.44. The van der Waals surface area contributed by atoms with Gasteiger partial charge in [0.15, 0.2) is 6.29 Å². The van der Waals surface area contributed by atoms with E-state index in [1.54, 1.807) is 0 Å². The monoisotopic (exact) mass is 980 g/mol. The topological polar surface area (TPSA) is 189 Å². The van der Waals surface area contributed by atoms with Crippen LogP contribution in [-0.4, -0.2) is 110 Å². The molecule has 0 radical (unpaired) electrons. The van der Waals surface area contributed by atoms with Gasteiger partial charge in [-0.25, -0.2) is 0 Å². The minimum atomic E-state index is -1.67. The van der Waals surface area contributed by atoms with E-state index < -0.39 is 74.2 Å². The molecule has 1 rings (SSSR count). The number of hydrogen-bond donors (Lipinski definition) is 8. The molecular weight excluding hydrogens is 871 g/mol. The second-order valence-corrected chi connectivity index (χ2v) is 20.4. The SMILES string of the molecule is CCCCCCCCCCC/C=C\C/C=C\CCCCCCCCCCC(O)C(=O)NC(COC1OC(CO)C(O)C(O)C1O)C(O)C(O)CCC/C=C/CCCCCCCCCCCCCCC. The summed E-state index contributed by atoms with van der Waals surface area (Å²) >= 11 is 0. The Labute approximate surface area is 422 Å². The number of aliphatic hydroxyl groups excluding tert-OH is 7. The molecule has 1 heterocycles. The second-order valence-electron chi connectivity index (χ2n) is 20.4. The minimum Gasteiger partial charge on any atom is -0.394 e. The van der Waals surface area contributed by atoms with Gasteiger partial charge in [-0.05, 0) is 70.6 Å². The molecule has 0 aliphatic carbocycles. The predicted molar refractivity (Wildman–Crippen MR) is 284 cm³/mol. The van der Waals surface area contributed by atoms with Crippen LogP contribution in [0.3, 0.4) is 0 Å². The van der Waals surface area contributed by atoms with E-state index in [9.17, 15) is 40.5 Å². The van der Waals surface area contributed by atoms with Gasteiger partial charge in [0.25, 0.3) is 0 Å². The summed E-state index contributed by atoms with van der Waals surface area (Å²) in [5.41, 5.74) is 0. The van der Waals surface area contributed by atoms with Crippen molar-refractivity contribution >= 4 is 5.91 Å². The van der Waals surface area contributed by atoms with Gasteiger partial charge in [0.1, 0.15) is 36.6 Å². The van der Waals surface area contributed by atoms with Crippen molar-refractivity contribution in [1.29, 1.82) is 0 Å². The first-order valence-corrected chi connectivity index (χ1v) is 28.9. The summed E-state index contributed by atoms with van der Waals surface area (Å²) < 4.78 is 11.1. The summed E-state index contributed by atoms with van der Waals surface area (Å²) in [6, 6.07) is -1.19. The molecule has 0 bridgehead atoms. The predicted octanol–water partition coefficient (Wildman–Crippen LogP) is 11.9. The molecular formula is C58H109NO10. The van der Waals surface area contributed by atoms with Crippen LogP contribution in [0.4, 0.5) is 0 Å². The van der Waals surface area contributed by atoms with Gasteiger partial charge in [-0.2, -0.15) is 0 Å². The Morgan fingerprint density at radius 2 is 0.899 bits per heavy atom. The number of hydrogen-bond acceptors (Lipinski definition) is 10. The molecule has 11 heteroatoms. The van der Waals surface area contributed by atoms with Gasteiger partial charge < -0.3 is 50.5 Å². The van der Waals surface area contributed by atoms with Crippen LogP contribution in [-0.2, 0) is 14.3 Å². The molecule has 1 aliphatic heterocycles. The maximum Gasteiger partial charge on any atom is 0.249 e. The lowest BCUT2D eigenvalue weighted by Crippen LogP contribution is -2.60. The average molecular weight is 981 g/mol. The van der Waals surface area contributed by atoms with Crippen molar-refractivity contribution in [2.45, 2.75) is 313 Å². The van der Waals surface area contributed by atoms with Gasteiger partial charge in [0.2, 0.25) is 5.91 Å². The standard InChI is InChI=1S/C58H109NO10/c1-3-5-7-9-11-13-15-17-19-21-23-24-25-26-27-28-30-32-34-36-38-40-42-44-46-51(62)57(67)59-49(48-68-58-56(66)55(65)54(64)52(47-60)69-58)53(63)50(61)45-43-41-39-37-35-33-31-29-22-20-18-16-14-12-10-8-6-4-2/h23-24,26-27,37,39,49-56,58,60-66H,3-22,25,28-36,38,40-48H2,1-2H3,(H,59,67)/b24-23-,27-26-,39-37+. The van der Waals surface area contributed by atoms with Crippen molar-refractivity contribution in [3.63, 3.8) is 0 Å². The fraction of sp³-hybridized carbons (Fsp3) is 0.879. The van der Waals surface area contributed by atoms with E-state index in [0.29, 0.717) is 12.8 Å². The molecule has 1 fully saturated rings. The number of unbranched alkanes of at least 4 members (excludes halogenated alkanes) is 31. The molecule has 0 aromatic heterocycles. The van der Waals surface area contributed by atoms with E-state index in [0.717, 1.165) is 51.4 Å². The molecule has 69 heavy (non-hydrogen) atoms. The molecule has 0 spiro atoms. The highest BCUT2D eigenvalue weighted by atomic mass is 16.7. The third-order valence-corrected chi connectivity index (χ3v) is 13.9. The molecule has 406 valence electrons. The highest BCUT2D eigenvalue weighted by molar-refractivity contribution is 5.80. The lowest BCUT2D eigenvalue weighted by Gasteiger charge is -2.40. The van der Waals surface area contributed by atoms with Crippen LogP contribution >= 0.6 is 0 Å². The van der Waals surface area contributed by atoms with E-state index in [1.807, 2.05) is 0 Å². The molecule has 0 aromatic carbocycles. The van der Waals surface area contributed by atoms with Crippen LogP contribution in [0.15, 0.2) is 36.5 Å². The van der Waals surface area contributed by atoms with Crippen LogP contribution in [0.2, 0.25) is 0 Å². The summed E-state index contributed by atoms with van der Waals surface area (Å²) in [6.07, 6.45) is 46.2. The van der Waals surface area contributed by atoms with Crippen molar-refractivity contribution in [3.05, 3.63) is 36.5 Å². The molecule has 11 nitrogen and oxygen atoms in total. The molecule has 1 aliphatic rings. The largest absolute Gasteiger partial charge is 0.394 e. The average Bonchev–Trinajstić information content (AvgIpc) is 3.35. The van der Waals surface area contributed by atoms with Crippen molar-refractivity contribution in [2.75, 3.05) is 13.2 Å². The van der Waals surface area contributed by atoms with Gasteiger partial charge in [0, 0.05) is 0 Å². The smallest absolute Gasteiger partial charge is 0.249 e. The third kappa shape index (κ3) is 36.0. The second kappa shape index (κ2) is 47.3.